The van der Waals surface area contributed by atoms with E-state index >= 15 is 0 Å². The molecule has 18 heavy (non-hydrogen) atoms. The van der Waals surface area contributed by atoms with Gasteiger partial charge in [0.15, 0.2) is 0 Å². The molecule has 1 aromatic carbocycles. The fourth-order valence-electron chi connectivity index (χ4n) is 2.61. The van der Waals surface area contributed by atoms with Crippen LogP contribution in [0.1, 0.15) is 31.9 Å². The molecule has 1 aromatic rings. The van der Waals surface area contributed by atoms with E-state index in [1.54, 1.807) is 19.9 Å². The summed E-state index contributed by atoms with van der Waals surface area (Å²) >= 11 is 0. The van der Waals surface area contributed by atoms with Crippen molar-refractivity contribution in [3.63, 3.8) is 0 Å². The van der Waals surface area contributed by atoms with E-state index in [1.165, 1.54) is 23.1 Å². The Kier molecular flexibility index (Phi) is 3.02. The first-order chi connectivity index (χ1) is 8.34. The van der Waals surface area contributed by atoms with E-state index in [2.05, 4.69) is 0 Å². The minimum atomic E-state index is -1.13. The molecule has 1 fully saturated rings. The lowest BCUT2D eigenvalue weighted by molar-refractivity contribution is -0.0860. The van der Waals surface area contributed by atoms with Crippen LogP contribution in [-0.4, -0.2) is 32.8 Å². The molecule has 98 valence electrons. The van der Waals surface area contributed by atoms with Gasteiger partial charge in [0.1, 0.15) is 11.9 Å². The minimum Gasteiger partial charge on any atom is -0.465 e. The summed E-state index contributed by atoms with van der Waals surface area (Å²) in [5, 5.41) is 19.3. The van der Waals surface area contributed by atoms with Gasteiger partial charge in [-0.1, -0.05) is 18.2 Å². The van der Waals surface area contributed by atoms with Gasteiger partial charge in [0.05, 0.1) is 6.04 Å². The average molecular weight is 253 g/mol. The van der Waals surface area contributed by atoms with E-state index in [1.807, 2.05) is 0 Å². The molecule has 1 saturated heterocycles. The first-order valence-corrected chi connectivity index (χ1v) is 5.79. The molecule has 0 aliphatic carbocycles. The van der Waals surface area contributed by atoms with Crippen LogP contribution in [0.3, 0.4) is 0 Å². The lowest BCUT2D eigenvalue weighted by atomic mass is 9.77. The summed E-state index contributed by atoms with van der Waals surface area (Å²) in [7, 11) is 0. The van der Waals surface area contributed by atoms with Crippen LogP contribution in [0.15, 0.2) is 24.3 Å². The second-order valence-corrected chi connectivity index (χ2v) is 5.20. The molecular formula is C13H16FNO3. The number of benzene rings is 1. The molecule has 1 heterocycles. The molecule has 1 aliphatic heterocycles. The third-order valence-electron chi connectivity index (χ3n) is 3.49. The molecule has 0 radical (unpaired) electrons. The van der Waals surface area contributed by atoms with Crippen molar-refractivity contribution in [2.75, 3.05) is 0 Å². The SMILES string of the molecule is CC1(C)C[C@@H](C(O)c2ccccc2F)N1C(=O)O. The van der Waals surface area contributed by atoms with Gasteiger partial charge in [0.2, 0.25) is 0 Å². The topological polar surface area (TPSA) is 60.8 Å². The molecule has 0 aromatic heterocycles. The fraction of sp³-hybridized carbons (Fsp3) is 0.462. The van der Waals surface area contributed by atoms with Crippen LogP contribution in [-0.2, 0) is 0 Å². The molecule has 0 bridgehead atoms. The van der Waals surface area contributed by atoms with Gasteiger partial charge in [-0.15, -0.1) is 0 Å². The Balaban J connectivity index is 2.24. The van der Waals surface area contributed by atoms with Gasteiger partial charge in [-0.2, -0.15) is 0 Å². The summed E-state index contributed by atoms with van der Waals surface area (Å²) in [6, 6.07) is 5.30. The molecule has 0 spiro atoms. The van der Waals surface area contributed by atoms with E-state index in [0.717, 1.165) is 0 Å². The molecule has 0 saturated carbocycles. The predicted octanol–water partition coefficient (Wildman–Crippen LogP) is 2.39. The molecule has 4 nitrogen and oxygen atoms in total. The maximum absolute atomic E-state index is 13.6. The van der Waals surface area contributed by atoms with Crippen molar-refractivity contribution in [3.8, 4) is 0 Å². The number of aliphatic hydroxyl groups excluding tert-OH is 1. The summed E-state index contributed by atoms with van der Waals surface area (Å²) in [6.07, 6.45) is -1.71. The molecule has 2 atom stereocenters. The van der Waals surface area contributed by atoms with Crippen molar-refractivity contribution < 1.29 is 19.4 Å². The average Bonchev–Trinajstić information content (AvgIpc) is 2.25. The van der Waals surface area contributed by atoms with Crippen molar-refractivity contribution >= 4 is 6.09 Å². The Labute approximate surface area is 105 Å². The summed E-state index contributed by atoms with van der Waals surface area (Å²) in [5.41, 5.74) is -0.368. The number of hydrogen-bond acceptors (Lipinski definition) is 2. The number of rotatable bonds is 2. The zero-order valence-electron chi connectivity index (χ0n) is 10.3. The second kappa shape index (κ2) is 4.24. The summed E-state index contributed by atoms with van der Waals surface area (Å²) in [5.74, 6) is -0.514. The third kappa shape index (κ3) is 1.95. The quantitative estimate of drug-likeness (QED) is 0.850. The van der Waals surface area contributed by atoms with Gasteiger partial charge in [0, 0.05) is 11.1 Å². The highest BCUT2D eigenvalue weighted by Crippen LogP contribution is 2.42. The number of carboxylic acid groups (broad SMARTS) is 1. The van der Waals surface area contributed by atoms with Gasteiger partial charge in [0.25, 0.3) is 0 Å². The van der Waals surface area contributed by atoms with Crippen LogP contribution in [0.25, 0.3) is 0 Å². The Morgan fingerprint density at radius 3 is 2.61 bits per heavy atom. The third-order valence-corrected chi connectivity index (χ3v) is 3.49. The van der Waals surface area contributed by atoms with Crippen molar-refractivity contribution in [3.05, 3.63) is 35.6 Å². The van der Waals surface area contributed by atoms with E-state index in [-0.39, 0.29) is 5.56 Å². The molecule has 2 rings (SSSR count). The van der Waals surface area contributed by atoms with Gasteiger partial charge < -0.3 is 10.2 Å². The highest BCUT2D eigenvalue weighted by molar-refractivity contribution is 5.68. The molecular weight excluding hydrogens is 237 g/mol. The summed E-state index contributed by atoms with van der Waals surface area (Å²) < 4.78 is 13.6. The van der Waals surface area contributed by atoms with Crippen LogP contribution in [0.2, 0.25) is 0 Å². The van der Waals surface area contributed by atoms with E-state index in [4.69, 9.17) is 5.11 Å². The molecule has 1 aliphatic rings. The first-order valence-electron chi connectivity index (χ1n) is 5.79. The Morgan fingerprint density at radius 1 is 1.50 bits per heavy atom. The summed E-state index contributed by atoms with van der Waals surface area (Å²) in [4.78, 5) is 12.3. The molecule has 1 amide bonds. The van der Waals surface area contributed by atoms with Gasteiger partial charge in [-0.25, -0.2) is 9.18 Å². The highest BCUT2D eigenvalue weighted by Gasteiger charge is 2.51. The van der Waals surface area contributed by atoms with Crippen LogP contribution in [0.4, 0.5) is 9.18 Å². The Bertz CT molecular complexity index is 475. The lowest BCUT2D eigenvalue weighted by Gasteiger charge is -2.54. The minimum absolute atomic E-state index is 0.143. The zero-order valence-corrected chi connectivity index (χ0v) is 10.3. The normalized spacial score (nSPS) is 23.3. The fourth-order valence-corrected chi connectivity index (χ4v) is 2.61. The van der Waals surface area contributed by atoms with Crippen molar-refractivity contribution in [2.24, 2.45) is 0 Å². The molecule has 1 unspecified atom stereocenters. The van der Waals surface area contributed by atoms with Crippen molar-refractivity contribution in [2.45, 2.75) is 38.0 Å². The zero-order chi connectivity index (χ0) is 13.5. The largest absolute Gasteiger partial charge is 0.465 e. The van der Waals surface area contributed by atoms with Crippen LogP contribution in [0, 0.1) is 5.82 Å². The van der Waals surface area contributed by atoms with Crippen LogP contribution in [0.5, 0.6) is 0 Å². The number of likely N-dealkylation sites (tertiary alicyclic amines) is 1. The number of carbonyl (C=O) groups is 1. The van der Waals surface area contributed by atoms with E-state index < -0.39 is 29.6 Å². The maximum Gasteiger partial charge on any atom is 0.408 e. The van der Waals surface area contributed by atoms with Crippen LogP contribution >= 0.6 is 0 Å². The Morgan fingerprint density at radius 2 is 2.11 bits per heavy atom. The van der Waals surface area contributed by atoms with Crippen molar-refractivity contribution in [1.29, 1.82) is 0 Å². The number of nitrogens with zero attached hydrogens (tertiary/aromatic N) is 1. The Hall–Kier alpha value is -1.62. The smallest absolute Gasteiger partial charge is 0.408 e. The number of hydrogen-bond donors (Lipinski definition) is 2. The van der Waals surface area contributed by atoms with Crippen LogP contribution < -0.4 is 0 Å². The monoisotopic (exact) mass is 253 g/mol. The van der Waals surface area contributed by atoms with Gasteiger partial charge in [-0.05, 0) is 26.3 Å². The highest BCUT2D eigenvalue weighted by atomic mass is 19.1. The molecule has 2 N–H and O–H groups in total. The molecule has 5 heteroatoms. The van der Waals surface area contributed by atoms with E-state index in [9.17, 15) is 14.3 Å². The lowest BCUT2D eigenvalue weighted by Crippen LogP contribution is -2.66. The van der Waals surface area contributed by atoms with E-state index in [0.29, 0.717) is 6.42 Å². The second-order valence-electron chi connectivity index (χ2n) is 5.20. The van der Waals surface area contributed by atoms with Gasteiger partial charge in [-0.3, -0.25) is 4.90 Å². The van der Waals surface area contributed by atoms with Gasteiger partial charge >= 0.3 is 6.09 Å². The maximum atomic E-state index is 13.6. The predicted molar refractivity (Wildman–Crippen MR) is 63.7 cm³/mol. The number of amides is 1. The van der Waals surface area contributed by atoms with Crippen molar-refractivity contribution in [1.82, 2.24) is 4.90 Å². The summed E-state index contributed by atoms with van der Waals surface area (Å²) in [6.45, 7) is 3.57. The number of aliphatic hydroxyl groups is 1. The standard InChI is InChI=1S/C13H16FNO3/c1-13(2)7-10(15(13)12(17)18)11(16)8-5-3-4-6-9(8)14/h3-6,10-11,16H,7H2,1-2H3,(H,17,18)/t10-,11?/m0/s1. The number of halogens is 1. The first kappa shape index (κ1) is 12.8.